The molecule has 0 aliphatic carbocycles. The molecule has 2 aromatic rings. The number of likely N-dealkylation sites (tertiary alicyclic amines) is 1. The zero-order valence-electron chi connectivity index (χ0n) is 18.1. The summed E-state index contributed by atoms with van der Waals surface area (Å²) in [6.07, 6.45) is 3.17. The molecule has 2 saturated heterocycles. The number of amides is 2. The van der Waals surface area contributed by atoms with Crippen LogP contribution < -0.4 is 5.32 Å². The Balaban J connectivity index is 1.52. The molecule has 2 aliphatic heterocycles. The number of nitrogens with one attached hydrogen (secondary N) is 1. The van der Waals surface area contributed by atoms with Crippen LogP contribution in [0.5, 0.6) is 0 Å². The zero-order chi connectivity index (χ0) is 21.6. The van der Waals surface area contributed by atoms with Crippen molar-refractivity contribution >= 4 is 33.2 Å². The van der Waals surface area contributed by atoms with Gasteiger partial charge in [0, 0.05) is 50.1 Å². The van der Waals surface area contributed by atoms with Crippen LogP contribution in [-0.2, 0) is 14.3 Å². The van der Waals surface area contributed by atoms with Crippen molar-refractivity contribution in [2.24, 2.45) is 0 Å². The summed E-state index contributed by atoms with van der Waals surface area (Å²) in [7, 11) is 1.62. The summed E-state index contributed by atoms with van der Waals surface area (Å²) in [6.45, 7) is 4.97. The average molecular weight is 446 g/mol. The molecule has 3 heterocycles. The van der Waals surface area contributed by atoms with Crippen LogP contribution in [-0.4, -0.2) is 81.2 Å². The molecule has 1 aromatic carbocycles. The van der Waals surface area contributed by atoms with Crippen LogP contribution in [0.1, 0.15) is 40.6 Å². The lowest BCUT2D eigenvalue weighted by Gasteiger charge is -2.35. The lowest BCUT2D eigenvalue weighted by atomic mass is 10.0. The molecule has 1 unspecified atom stereocenters. The predicted molar refractivity (Wildman–Crippen MR) is 122 cm³/mol. The summed E-state index contributed by atoms with van der Waals surface area (Å²) in [6, 6.07) is 8.07. The number of hydrogen-bond acceptors (Lipinski definition) is 6. The number of carbonyl (C=O) groups excluding carboxylic acids is 2. The summed E-state index contributed by atoms with van der Waals surface area (Å²) in [5.74, 6) is 0.103. The molecule has 4 rings (SSSR count). The highest BCUT2D eigenvalue weighted by atomic mass is 32.1. The molecule has 1 N–H and O–H groups in total. The number of benzene rings is 1. The minimum atomic E-state index is -0.234. The number of ether oxygens (including phenoxy) is 2. The smallest absolute Gasteiger partial charge is 0.261 e. The molecule has 168 valence electrons. The number of rotatable bonds is 7. The fourth-order valence-electron chi connectivity index (χ4n) is 4.36. The number of piperidine rings is 1. The van der Waals surface area contributed by atoms with Gasteiger partial charge in [-0.1, -0.05) is 18.2 Å². The highest BCUT2D eigenvalue weighted by Gasteiger charge is 2.31. The van der Waals surface area contributed by atoms with Crippen molar-refractivity contribution in [3.63, 3.8) is 0 Å². The second kappa shape index (κ2) is 10.5. The van der Waals surface area contributed by atoms with Crippen LogP contribution in [0.4, 0.5) is 0 Å². The first-order valence-electron chi connectivity index (χ1n) is 11.1. The number of fused-ring (bicyclic) bond motifs is 1. The lowest BCUT2D eigenvalue weighted by molar-refractivity contribution is -0.135. The van der Waals surface area contributed by atoms with Gasteiger partial charge in [0.2, 0.25) is 5.91 Å². The van der Waals surface area contributed by atoms with Gasteiger partial charge in [-0.3, -0.25) is 14.5 Å². The fourth-order valence-corrected chi connectivity index (χ4v) is 5.53. The van der Waals surface area contributed by atoms with E-state index in [-0.39, 0.29) is 17.9 Å². The number of thiophene rings is 1. The Morgan fingerprint density at radius 1 is 1.19 bits per heavy atom. The van der Waals surface area contributed by atoms with Crippen molar-refractivity contribution in [3.8, 4) is 0 Å². The highest BCUT2D eigenvalue weighted by molar-refractivity contribution is 7.21. The third kappa shape index (κ3) is 5.26. The predicted octanol–water partition coefficient (Wildman–Crippen LogP) is 2.66. The number of hydrogen-bond donors (Lipinski definition) is 1. The Morgan fingerprint density at radius 3 is 2.81 bits per heavy atom. The zero-order valence-corrected chi connectivity index (χ0v) is 18.9. The number of methoxy groups -OCH3 is 1. The molecule has 0 saturated carbocycles. The van der Waals surface area contributed by atoms with E-state index in [1.807, 2.05) is 29.2 Å². The Labute approximate surface area is 187 Å². The Kier molecular flexibility index (Phi) is 7.55. The Bertz CT molecular complexity index is 909. The second-order valence-electron chi connectivity index (χ2n) is 8.13. The lowest BCUT2D eigenvalue weighted by Crippen LogP contribution is -2.47. The maximum absolute atomic E-state index is 12.9. The van der Waals surface area contributed by atoms with Crippen LogP contribution in [0.25, 0.3) is 10.1 Å². The van der Waals surface area contributed by atoms with Crippen molar-refractivity contribution in [2.75, 3.05) is 59.6 Å². The molecule has 0 bridgehead atoms. The van der Waals surface area contributed by atoms with E-state index in [1.165, 1.54) is 17.8 Å². The van der Waals surface area contributed by atoms with Crippen LogP contribution in [0.15, 0.2) is 24.3 Å². The van der Waals surface area contributed by atoms with E-state index in [0.29, 0.717) is 37.7 Å². The molecule has 31 heavy (non-hydrogen) atoms. The first-order chi connectivity index (χ1) is 15.2. The molecule has 2 aliphatic rings. The Morgan fingerprint density at radius 2 is 2.00 bits per heavy atom. The third-order valence-electron chi connectivity index (χ3n) is 5.97. The Hall–Kier alpha value is -2.00. The number of morpholine rings is 1. The van der Waals surface area contributed by atoms with E-state index in [9.17, 15) is 9.59 Å². The largest absolute Gasteiger partial charge is 0.383 e. The normalized spacial score (nSPS) is 20.2. The van der Waals surface area contributed by atoms with Crippen molar-refractivity contribution in [2.45, 2.75) is 25.4 Å². The van der Waals surface area contributed by atoms with Gasteiger partial charge >= 0.3 is 0 Å². The molecule has 8 heteroatoms. The summed E-state index contributed by atoms with van der Waals surface area (Å²) >= 11 is 1.49. The van der Waals surface area contributed by atoms with Gasteiger partial charge in [-0.25, -0.2) is 0 Å². The third-order valence-corrected chi connectivity index (χ3v) is 7.16. The van der Waals surface area contributed by atoms with Gasteiger partial charge in [0.05, 0.1) is 30.7 Å². The first kappa shape index (κ1) is 22.2. The van der Waals surface area contributed by atoms with E-state index < -0.39 is 0 Å². The molecule has 1 atom stereocenters. The van der Waals surface area contributed by atoms with E-state index in [1.54, 1.807) is 7.11 Å². The van der Waals surface area contributed by atoms with Crippen LogP contribution in [0.2, 0.25) is 0 Å². The second-order valence-corrected chi connectivity index (χ2v) is 9.18. The summed E-state index contributed by atoms with van der Waals surface area (Å²) in [4.78, 5) is 30.5. The number of nitrogens with zero attached hydrogens (tertiary/aromatic N) is 2. The summed E-state index contributed by atoms with van der Waals surface area (Å²) in [5.41, 5.74) is 0.936. The molecule has 1 aromatic heterocycles. The maximum atomic E-state index is 12.9. The van der Waals surface area contributed by atoms with Crippen molar-refractivity contribution in [1.82, 2.24) is 15.1 Å². The van der Waals surface area contributed by atoms with Crippen molar-refractivity contribution in [3.05, 3.63) is 34.7 Å². The molecular weight excluding hydrogens is 414 g/mol. The van der Waals surface area contributed by atoms with E-state index in [2.05, 4.69) is 10.2 Å². The summed E-state index contributed by atoms with van der Waals surface area (Å²) in [5, 5.41) is 4.00. The SMILES string of the molecule is COCCNC(=O)c1sc2ccccc2c1C1CN(CC(=O)N2CCCCC2)CCO1. The van der Waals surface area contributed by atoms with Crippen LogP contribution >= 0.6 is 11.3 Å². The molecular formula is C23H31N3O4S. The van der Waals surface area contributed by atoms with Gasteiger partial charge in [-0.2, -0.15) is 0 Å². The molecule has 2 fully saturated rings. The van der Waals surface area contributed by atoms with Gasteiger partial charge in [-0.15, -0.1) is 11.3 Å². The van der Waals surface area contributed by atoms with Gasteiger partial charge in [0.1, 0.15) is 0 Å². The number of carbonyl (C=O) groups is 2. The molecule has 0 radical (unpaired) electrons. The van der Waals surface area contributed by atoms with E-state index >= 15 is 0 Å². The minimum Gasteiger partial charge on any atom is -0.383 e. The molecule has 2 amide bonds. The monoisotopic (exact) mass is 445 g/mol. The minimum absolute atomic E-state index is 0.0987. The fraction of sp³-hybridized carbons (Fsp3) is 0.565. The van der Waals surface area contributed by atoms with E-state index in [0.717, 1.165) is 48.1 Å². The van der Waals surface area contributed by atoms with Crippen LogP contribution in [0, 0.1) is 0 Å². The van der Waals surface area contributed by atoms with Crippen molar-refractivity contribution < 1.29 is 19.1 Å². The molecule has 0 spiro atoms. The first-order valence-corrected chi connectivity index (χ1v) is 11.9. The van der Waals surface area contributed by atoms with Gasteiger partial charge in [0.15, 0.2) is 0 Å². The highest BCUT2D eigenvalue weighted by Crippen LogP contribution is 2.38. The quantitative estimate of drug-likeness (QED) is 0.664. The van der Waals surface area contributed by atoms with Gasteiger partial charge in [0.25, 0.3) is 5.91 Å². The average Bonchev–Trinajstić information content (AvgIpc) is 3.20. The maximum Gasteiger partial charge on any atom is 0.261 e. The topological polar surface area (TPSA) is 71.1 Å². The summed E-state index contributed by atoms with van der Waals surface area (Å²) < 4.78 is 12.3. The van der Waals surface area contributed by atoms with E-state index in [4.69, 9.17) is 9.47 Å². The standard InChI is InChI=1S/C23H31N3O4S/c1-29-13-9-24-23(28)22-21(17-7-3-4-8-19(17)31-22)18-15-25(12-14-30-18)16-20(27)26-10-5-2-6-11-26/h3-4,7-8,18H,2,5-6,9-16H2,1H3,(H,24,28). The van der Waals surface area contributed by atoms with Crippen LogP contribution in [0.3, 0.4) is 0 Å². The molecule has 7 nitrogen and oxygen atoms in total. The van der Waals surface area contributed by atoms with Gasteiger partial charge in [-0.05, 0) is 30.7 Å². The van der Waals surface area contributed by atoms with Crippen molar-refractivity contribution in [1.29, 1.82) is 0 Å². The van der Waals surface area contributed by atoms with Gasteiger partial charge < -0.3 is 19.7 Å².